The van der Waals surface area contributed by atoms with Crippen LogP contribution < -0.4 is 5.32 Å². The molecule has 1 amide bonds. The summed E-state index contributed by atoms with van der Waals surface area (Å²) in [6, 6.07) is 8.47. The van der Waals surface area contributed by atoms with Gasteiger partial charge in [0.2, 0.25) is 5.91 Å². The zero-order chi connectivity index (χ0) is 14.7. The van der Waals surface area contributed by atoms with Crippen LogP contribution in [0, 0.1) is 15.2 Å². The maximum Gasteiger partial charge on any atom is 0.228 e. The Morgan fingerprint density at radius 1 is 1.15 bits per heavy atom. The lowest BCUT2D eigenvalue weighted by Gasteiger charge is -2.08. The summed E-state index contributed by atoms with van der Waals surface area (Å²) >= 11 is 7.87. The monoisotopic (exact) mass is 407 g/mol. The Balaban J connectivity index is 2.07. The lowest BCUT2D eigenvalue weighted by atomic mass is 10.1. The average Bonchev–Trinajstić information content (AvgIpc) is 2.37. The van der Waals surface area contributed by atoms with Crippen molar-refractivity contribution >= 4 is 45.8 Å². The van der Waals surface area contributed by atoms with Crippen molar-refractivity contribution in [3.8, 4) is 0 Å². The smallest absolute Gasteiger partial charge is 0.228 e. The lowest BCUT2D eigenvalue weighted by molar-refractivity contribution is -0.115. The van der Waals surface area contributed by atoms with Crippen molar-refractivity contribution in [3.63, 3.8) is 0 Å². The highest BCUT2D eigenvalue weighted by Crippen LogP contribution is 2.22. The first kappa shape index (κ1) is 15.2. The molecule has 0 spiro atoms. The van der Waals surface area contributed by atoms with Crippen molar-refractivity contribution in [3.05, 3.63) is 62.2 Å². The van der Waals surface area contributed by atoms with E-state index in [2.05, 4.69) is 27.9 Å². The van der Waals surface area contributed by atoms with Crippen molar-refractivity contribution in [2.75, 3.05) is 5.32 Å². The Kier molecular flexibility index (Phi) is 4.93. The molecule has 20 heavy (non-hydrogen) atoms. The van der Waals surface area contributed by atoms with E-state index in [1.54, 1.807) is 18.2 Å². The van der Waals surface area contributed by atoms with E-state index >= 15 is 0 Å². The van der Waals surface area contributed by atoms with E-state index in [1.165, 1.54) is 6.07 Å². The number of benzene rings is 2. The third-order valence-corrected chi connectivity index (χ3v) is 3.68. The molecule has 2 nitrogen and oxygen atoms in total. The van der Waals surface area contributed by atoms with Crippen molar-refractivity contribution in [1.82, 2.24) is 0 Å². The number of hydrogen-bond acceptors (Lipinski definition) is 1. The van der Waals surface area contributed by atoms with Crippen LogP contribution >= 0.6 is 34.2 Å². The molecule has 0 bridgehead atoms. The lowest BCUT2D eigenvalue weighted by Crippen LogP contribution is -2.15. The zero-order valence-corrected chi connectivity index (χ0v) is 13.0. The minimum Gasteiger partial charge on any atom is -0.325 e. The molecule has 1 N–H and O–H groups in total. The van der Waals surface area contributed by atoms with Gasteiger partial charge in [0, 0.05) is 8.59 Å². The number of carbonyl (C=O) groups excluding carboxylic acids is 1. The molecule has 2 aromatic carbocycles. The number of hydrogen-bond donors (Lipinski definition) is 1. The predicted molar refractivity (Wildman–Crippen MR) is 82.9 cm³/mol. The second-order valence-corrected chi connectivity index (χ2v) is 5.70. The average molecular weight is 408 g/mol. The molecule has 6 heteroatoms. The molecule has 0 aromatic heterocycles. The summed E-state index contributed by atoms with van der Waals surface area (Å²) in [4.78, 5) is 11.9. The molecule has 2 aromatic rings. The summed E-state index contributed by atoms with van der Waals surface area (Å²) in [6.07, 6.45) is -0.0318. The predicted octanol–water partition coefficient (Wildman–Crippen LogP) is 4.40. The molecular formula is C14H9ClF2INO. The summed E-state index contributed by atoms with van der Waals surface area (Å²) in [5, 5.41) is 3.28. The summed E-state index contributed by atoms with van der Waals surface area (Å²) in [7, 11) is 0. The van der Waals surface area contributed by atoms with Crippen molar-refractivity contribution < 1.29 is 13.6 Å². The highest BCUT2D eigenvalue weighted by molar-refractivity contribution is 14.1. The topological polar surface area (TPSA) is 29.1 Å². The molecule has 0 saturated carbocycles. The third kappa shape index (κ3) is 3.89. The summed E-state index contributed by atoms with van der Waals surface area (Å²) in [6.45, 7) is 0. The molecule has 0 aliphatic rings. The molecule has 0 aliphatic heterocycles. The molecular weight excluding hydrogens is 399 g/mol. The van der Waals surface area contributed by atoms with Crippen LogP contribution in [0.4, 0.5) is 14.5 Å². The van der Waals surface area contributed by atoms with Crippen LogP contribution in [0.5, 0.6) is 0 Å². The fraction of sp³-hybridized carbons (Fsp3) is 0.0714. The van der Waals surface area contributed by atoms with E-state index in [-0.39, 0.29) is 12.3 Å². The van der Waals surface area contributed by atoms with Gasteiger partial charge < -0.3 is 5.32 Å². The van der Waals surface area contributed by atoms with E-state index < -0.39 is 11.6 Å². The van der Waals surface area contributed by atoms with Gasteiger partial charge in [-0.1, -0.05) is 17.7 Å². The standard InChI is InChI=1S/C14H9ClF2INO/c15-9-2-4-13(12(18)7-9)19-14(20)6-8-1-3-10(16)11(17)5-8/h1-5,7H,6H2,(H,19,20). The molecule has 104 valence electrons. The Morgan fingerprint density at radius 3 is 2.55 bits per heavy atom. The van der Waals surface area contributed by atoms with Crippen molar-refractivity contribution in [2.45, 2.75) is 6.42 Å². The Morgan fingerprint density at radius 2 is 1.90 bits per heavy atom. The number of amides is 1. The highest BCUT2D eigenvalue weighted by Gasteiger charge is 2.09. The van der Waals surface area contributed by atoms with Gasteiger partial charge in [-0.05, 0) is 58.5 Å². The van der Waals surface area contributed by atoms with Gasteiger partial charge in [-0.2, -0.15) is 0 Å². The number of halogens is 4. The van der Waals surface area contributed by atoms with Crippen molar-refractivity contribution in [1.29, 1.82) is 0 Å². The van der Waals surface area contributed by atoms with E-state index in [0.717, 1.165) is 15.7 Å². The third-order valence-electron chi connectivity index (χ3n) is 2.55. The summed E-state index contributed by atoms with van der Waals surface area (Å²) in [5.41, 5.74) is 1.04. The van der Waals surface area contributed by atoms with Crippen LogP contribution in [0.3, 0.4) is 0 Å². The van der Waals surface area contributed by atoms with E-state index in [4.69, 9.17) is 11.6 Å². The largest absolute Gasteiger partial charge is 0.325 e. The molecule has 0 aliphatic carbocycles. The van der Waals surface area contributed by atoms with Crippen LogP contribution in [0.15, 0.2) is 36.4 Å². The van der Waals surface area contributed by atoms with Crippen LogP contribution in [0.25, 0.3) is 0 Å². The maximum atomic E-state index is 13.0. The number of carbonyl (C=O) groups is 1. The van der Waals surface area contributed by atoms with Gasteiger partial charge in [0.25, 0.3) is 0 Å². The molecule has 0 saturated heterocycles. The fourth-order valence-corrected chi connectivity index (χ4v) is 2.63. The van der Waals surface area contributed by atoms with Gasteiger partial charge in [0.15, 0.2) is 11.6 Å². The van der Waals surface area contributed by atoms with Crippen LogP contribution in [0.2, 0.25) is 5.02 Å². The molecule has 0 unspecified atom stereocenters. The van der Waals surface area contributed by atoms with Crippen LogP contribution in [0.1, 0.15) is 5.56 Å². The van der Waals surface area contributed by atoms with E-state index in [0.29, 0.717) is 16.3 Å². The van der Waals surface area contributed by atoms with Crippen LogP contribution in [-0.2, 0) is 11.2 Å². The first-order valence-electron chi connectivity index (χ1n) is 5.64. The number of anilines is 1. The van der Waals surface area contributed by atoms with Gasteiger partial charge in [-0.25, -0.2) is 8.78 Å². The first-order chi connectivity index (χ1) is 9.45. The maximum absolute atomic E-state index is 13.0. The van der Waals surface area contributed by atoms with Crippen LogP contribution in [-0.4, -0.2) is 5.91 Å². The number of nitrogens with one attached hydrogen (secondary N) is 1. The molecule has 0 fully saturated rings. The molecule has 0 atom stereocenters. The number of rotatable bonds is 3. The van der Waals surface area contributed by atoms with E-state index in [9.17, 15) is 13.6 Å². The molecule has 2 rings (SSSR count). The van der Waals surface area contributed by atoms with Gasteiger partial charge >= 0.3 is 0 Å². The summed E-state index contributed by atoms with van der Waals surface area (Å²) < 4.78 is 26.6. The SMILES string of the molecule is O=C(Cc1ccc(F)c(F)c1)Nc1ccc(Cl)cc1I. The summed E-state index contributed by atoms with van der Waals surface area (Å²) in [5.74, 6) is -2.20. The molecule has 0 heterocycles. The fourth-order valence-electron chi connectivity index (χ4n) is 1.62. The Labute approximate surface area is 133 Å². The zero-order valence-electron chi connectivity index (χ0n) is 10.1. The van der Waals surface area contributed by atoms with Gasteiger partial charge in [0.05, 0.1) is 12.1 Å². The Hall–Kier alpha value is -1.21. The van der Waals surface area contributed by atoms with Gasteiger partial charge in [0.1, 0.15) is 0 Å². The van der Waals surface area contributed by atoms with E-state index in [1.807, 2.05) is 0 Å². The van der Waals surface area contributed by atoms with Crippen molar-refractivity contribution in [2.24, 2.45) is 0 Å². The second kappa shape index (κ2) is 6.49. The normalized spacial score (nSPS) is 10.4. The Bertz CT molecular complexity index is 664. The van der Waals surface area contributed by atoms with Gasteiger partial charge in [-0.15, -0.1) is 0 Å². The van der Waals surface area contributed by atoms with Gasteiger partial charge in [-0.3, -0.25) is 4.79 Å². The quantitative estimate of drug-likeness (QED) is 0.751. The minimum atomic E-state index is -0.962. The second-order valence-electron chi connectivity index (χ2n) is 4.10. The minimum absolute atomic E-state index is 0.0318. The first-order valence-corrected chi connectivity index (χ1v) is 7.10. The molecule has 0 radical (unpaired) electrons. The highest BCUT2D eigenvalue weighted by atomic mass is 127.